The molecule has 0 aliphatic carbocycles. The molecule has 5 nitrogen and oxygen atoms in total. The Hall–Kier alpha value is -3.47. The number of nitrogens with zero attached hydrogens (tertiary/aromatic N) is 2. The van der Waals surface area contributed by atoms with E-state index in [1.54, 1.807) is 13.2 Å². The largest absolute Gasteiger partial charge is 0.497 e. The van der Waals surface area contributed by atoms with Crippen LogP contribution in [-0.4, -0.2) is 25.0 Å². The number of azo groups is 1. The maximum absolute atomic E-state index is 13.9. The Morgan fingerprint density at radius 3 is 2.41 bits per heavy atom. The lowest BCUT2D eigenvalue weighted by atomic mass is 9.69. The third-order valence-corrected chi connectivity index (χ3v) is 5.79. The fourth-order valence-corrected chi connectivity index (χ4v) is 4.34. The molecule has 5 rings (SSSR count). The molecule has 0 unspecified atom stereocenters. The van der Waals surface area contributed by atoms with Gasteiger partial charge in [0.1, 0.15) is 11.5 Å². The lowest BCUT2D eigenvalue weighted by molar-refractivity contribution is 0.0521. The highest BCUT2D eigenvalue weighted by atomic mass is 16.5. The van der Waals surface area contributed by atoms with Crippen LogP contribution in [0.25, 0.3) is 0 Å². The summed E-state index contributed by atoms with van der Waals surface area (Å²) in [6.07, 6.45) is -0.551. The lowest BCUT2D eigenvalue weighted by Crippen LogP contribution is -2.51. The number of hydrogen-bond donors (Lipinski definition) is 0. The van der Waals surface area contributed by atoms with E-state index in [9.17, 15) is 4.79 Å². The first-order chi connectivity index (χ1) is 14.2. The summed E-state index contributed by atoms with van der Waals surface area (Å²) >= 11 is 0. The van der Waals surface area contributed by atoms with E-state index >= 15 is 0 Å². The van der Waals surface area contributed by atoms with Crippen molar-refractivity contribution in [3.63, 3.8) is 0 Å². The SMILES string of the molecule is COc1ccc([C@@H]2CN=N[C@@]23C(=O)c2ccccc2O[C@H]3c2ccccc2)cc1. The van der Waals surface area contributed by atoms with Crippen molar-refractivity contribution in [3.05, 3.63) is 95.6 Å². The van der Waals surface area contributed by atoms with Crippen LogP contribution < -0.4 is 9.47 Å². The molecule has 29 heavy (non-hydrogen) atoms. The van der Waals surface area contributed by atoms with Crippen molar-refractivity contribution in [2.24, 2.45) is 10.2 Å². The Morgan fingerprint density at radius 1 is 0.931 bits per heavy atom. The number of para-hydroxylation sites is 1. The smallest absolute Gasteiger partial charge is 0.200 e. The molecule has 0 bridgehead atoms. The number of ketones is 1. The van der Waals surface area contributed by atoms with Crippen molar-refractivity contribution in [3.8, 4) is 11.5 Å². The summed E-state index contributed by atoms with van der Waals surface area (Å²) in [5, 5.41) is 8.94. The summed E-state index contributed by atoms with van der Waals surface area (Å²) in [7, 11) is 1.64. The Balaban J connectivity index is 1.69. The van der Waals surface area contributed by atoms with Crippen LogP contribution in [0.2, 0.25) is 0 Å². The molecule has 0 fully saturated rings. The number of hydrogen-bond acceptors (Lipinski definition) is 5. The van der Waals surface area contributed by atoms with Crippen molar-refractivity contribution >= 4 is 5.78 Å². The van der Waals surface area contributed by atoms with Crippen LogP contribution >= 0.6 is 0 Å². The molecular formula is C24H20N2O3. The maximum atomic E-state index is 13.9. The van der Waals surface area contributed by atoms with E-state index in [1.165, 1.54) is 0 Å². The van der Waals surface area contributed by atoms with Crippen LogP contribution in [0, 0.1) is 0 Å². The Bertz CT molecular complexity index is 1080. The quantitative estimate of drug-likeness (QED) is 0.638. The molecule has 0 N–H and O–H groups in total. The van der Waals surface area contributed by atoms with E-state index in [0.717, 1.165) is 16.9 Å². The van der Waals surface area contributed by atoms with Gasteiger partial charge in [0.25, 0.3) is 0 Å². The minimum Gasteiger partial charge on any atom is -0.497 e. The van der Waals surface area contributed by atoms with Gasteiger partial charge in [0, 0.05) is 5.92 Å². The molecule has 2 heterocycles. The number of fused-ring (bicyclic) bond motifs is 1. The molecule has 2 aliphatic rings. The lowest BCUT2D eigenvalue weighted by Gasteiger charge is -2.41. The summed E-state index contributed by atoms with van der Waals surface area (Å²) in [6, 6.07) is 25.0. The zero-order chi connectivity index (χ0) is 19.8. The Labute approximate surface area is 169 Å². The first-order valence-corrected chi connectivity index (χ1v) is 9.62. The molecule has 0 amide bonds. The normalized spacial score (nSPS) is 24.9. The number of carbonyl (C=O) groups excluding carboxylic acids is 1. The van der Waals surface area contributed by atoms with Crippen LogP contribution in [0.5, 0.6) is 11.5 Å². The molecule has 144 valence electrons. The second-order valence-corrected chi connectivity index (χ2v) is 7.31. The number of methoxy groups -OCH3 is 1. The van der Waals surface area contributed by atoms with Crippen molar-refractivity contribution in [2.45, 2.75) is 17.6 Å². The number of ether oxygens (including phenoxy) is 2. The number of Topliss-reactive ketones (excluding diaryl/α,β-unsaturated/α-hetero) is 1. The average molecular weight is 384 g/mol. The second kappa shape index (κ2) is 6.85. The summed E-state index contributed by atoms with van der Waals surface area (Å²) in [6.45, 7) is 0.437. The molecule has 3 aromatic rings. The van der Waals surface area contributed by atoms with E-state index in [0.29, 0.717) is 17.9 Å². The average Bonchev–Trinajstić information content (AvgIpc) is 3.22. The highest BCUT2D eigenvalue weighted by Crippen LogP contribution is 2.52. The van der Waals surface area contributed by atoms with E-state index < -0.39 is 11.6 Å². The molecule has 1 spiro atoms. The van der Waals surface area contributed by atoms with Gasteiger partial charge in [-0.15, -0.1) is 0 Å². The van der Waals surface area contributed by atoms with Crippen molar-refractivity contribution in [2.75, 3.05) is 13.7 Å². The highest BCUT2D eigenvalue weighted by molar-refractivity contribution is 6.08. The zero-order valence-corrected chi connectivity index (χ0v) is 16.0. The van der Waals surface area contributed by atoms with E-state index in [2.05, 4.69) is 10.2 Å². The van der Waals surface area contributed by atoms with Gasteiger partial charge in [-0.2, -0.15) is 10.2 Å². The van der Waals surface area contributed by atoms with E-state index in [1.807, 2.05) is 72.8 Å². The summed E-state index contributed by atoms with van der Waals surface area (Å²) in [4.78, 5) is 13.9. The topological polar surface area (TPSA) is 60.2 Å². The van der Waals surface area contributed by atoms with Gasteiger partial charge in [-0.05, 0) is 35.4 Å². The summed E-state index contributed by atoms with van der Waals surface area (Å²) in [5.74, 6) is 1.09. The fourth-order valence-electron chi connectivity index (χ4n) is 4.34. The summed E-state index contributed by atoms with van der Waals surface area (Å²) < 4.78 is 11.7. The van der Waals surface area contributed by atoms with Gasteiger partial charge in [-0.1, -0.05) is 54.6 Å². The third kappa shape index (κ3) is 2.65. The molecular weight excluding hydrogens is 364 g/mol. The van der Waals surface area contributed by atoms with Crippen LogP contribution in [0.4, 0.5) is 0 Å². The van der Waals surface area contributed by atoms with Crippen molar-refractivity contribution < 1.29 is 14.3 Å². The van der Waals surface area contributed by atoms with Crippen molar-refractivity contribution in [1.82, 2.24) is 0 Å². The fraction of sp³-hybridized carbons (Fsp3) is 0.208. The predicted octanol–water partition coefficient (Wildman–Crippen LogP) is 5.00. The van der Waals surface area contributed by atoms with E-state index in [4.69, 9.17) is 9.47 Å². The molecule has 0 saturated carbocycles. The molecule has 3 aromatic carbocycles. The maximum Gasteiger partial charge on any atom is 0.200 e. The van der Waals surface area contributed by atoms with Crippen LogP contribution in [0.15, 0.2) is 89.1 Å². The molecule has 0 aromatic heterocycles. The first-order valence-electron chi connectivity index (χ1n) is 9.62. The highest BCUT2D eigenvalue weighted by Gasteiger charge is 2.60. The standard InChI is InChI=1S/C24H20N2O3/c1-28-18-13-11-16(12-14-18)20-15-25-26-24(20)22(27)19-9-5-6-10-21(19)29-23(24)17-7-3-2-4-8-17/h2-14,20,23H,15H2,1H3/t20-,23-,24+/m0/s1. The van der Waals surface area contributed by atoms with Crippen LogP contribution in [0.1, 0.15) is 33.5 Å². The molecule has 0 saturated heterocycles. The van der Waals surface area contributed by atoms with Gasteiger partial charge in [0.2, 0.25) is 5.78 Å². The summed E-state index contributed by atoms with van der Waals surface area (Å²) in [5.41, 5.74) is 1.33. The van der Waals surface area contributed by atoms with Crippen LogP contribution in [0.3, 0.4) is 0 Å². The Kier molecular flexibility index (Phi) is 4.16. The number of rotatable bonds is 3. The second-order valence-electron chi connectivity index (χ2n) is 7.31. The third-order valence-electron chi connectivity index (χ3n) is 5.79. The van der Waals surface area contributed by atoms with Gasteiger partial charge in [-0.3, -0.25) is 4.79 Å². The number of carbonyl (C=O) groups is 1. The zero-order valence-electron chi connectivity index (χ0n) is 16.0. The predicted molar refractivity (Wildman–Crippen MR) is 109 cm³/mol. The van der Waals surface area contributed by atoms with Gasteiger partial charge >= 0.3 is 0 Å². The monoisotopic (exact) mass is 384 g/mol. The Morgan fingerprint density at radius 2 is 1.66 bits per heavy atom. The van der Waals surface area contributed by atoms with Gasteiger partial charge in [0.05, 0.1) is 19.2 Å². The van der Waals surface area contributed by atoms with Gasteiger partial charge in [0.15, 0.2) is 11.6 Å². The number of benzene rings is 3. The van der Waals surface area contributed by atoms with Gasteiger partial charge < -0.3 is 9.47 Å². The first kappa shape index (κ1) is 17.6. The minimum absolute atomic E-state index is 0.0460. The molecule has 2 aliphatic heterocycles. The minimum atomic E-state index is -1.13. The van der Waals surface area contributed by atoms with Crippen molar-refractivity contribution in [1.29, 1.82) is 0 Å². The molecule has 0 radical (unpaired) electrons. The van der Waals surface area contributed by atoms with E-state index in [-0.39, 0.29) is 11.7 Å². The molecule has 3 atom stereocenters. The molecule has 5 heteroatoms. The van der Waals surface area contributed by atoms with Gasteiger partial charge in [-0.25, -0.2) is 0 Å². The van der Waals surface area contributed by atoms with Crippen LogP contribution in [-0.2, 0) is 0 Å².